The molecule has 0 saturated carbocycles. The Labute approximate surface area is 92.7 Å². The molecule has 0 atom stereocenters. The highest BCUT2D eigenvalue weighted by molar-refractivity contribution is 6.04. The molecule has 2 rings (SSSR count). The van der Waals surface area contributed by atoms with Gasteiger partial charge in [-0.25, -0.2) is 0 Å². The molecule has 0 spiro atoms. The van der Waals surface area contributed by atoms with Crippen LogP contribution in [0.5, 0.6) is 0 Å². The van der Waals surface area contributed by atoms with E-state index in [4.69, 9.17) is 5.73 Å². The number of hydrogen-bond donors (Lipinski definition) is 3. The van der Waals surface area contributed by atoms with Gasteiger partial charge in [0.25, 0.3) is 5.91 Å². The van der Waals surface area contributed by atoms with Crippen molar-refractivity contribution in [1.29, 1.82) is 0 Å². The summed E-state index contributed by atoms with van der Waals surface area (Å²) in [4.78, 5) is 11.8. The van der Waals surface area contributed by atoms with Crippen molar-refractivity contribution < 1.29 is 4.79 Å². The Bertz CT molecular complexity index is 501. The van der Waals surface area contributed by atoms with Crippen LogP contribution in [0.4, 0.5) is 11.5 Å². The fraction of sp³-hybridized carbons (Fsp3) is 0.0909. The van der Waals surface area contributed by atoms with Gasteiger partial charge in [0.1, 0.15) is 0 Å². The molecule has 0 bridgehead atoms. The number of carbonyl (C=O) groups is 1. The molecule has 0 aliphatic rings. The number of benzene rings is 1. The standard InChI is InChI=1S/C11H12N4O/c1-7-2-4-8(5-3-7)11(16)14-10-9(12)6-13-15-10/h2-6H,12H2,1H3,(H2,13,14,15,16). The van der Waals surface area contributed by atoms with Crippen LogP contribution in [-0.2, 0) is 0 Å². The fourth-order valence-corrected chi connectivity index (χ4v) is 1.29. The number of amides is 1. The van der Waals surface area contributed by atoms with E-state index < -0.39 is 0 Å². The molecule has 16 heavy (non-hydrogen) atoms. The highest BCUT2D eigenvalue weighted by Gasteiger charge is 2.08. The van der Waals surface area contributed by atoms with Crippen molar-refractivity contribution in [2.24, 2.45) is 0 Å². The molecule has 0 unspecified atom stereocenters. The van der Waals surface area contributed by atoms with Gasteiger partial charge in [-0.15, -0.1) is 0 Å². The number of nitrogens with one attached hydrogen (secondary N) is 2. The Balaban J connectivity index is 2.15. The van der Waals surface area contributed by atoms with Crippen LogP contribution in [0.3, 0.4) is 0 Å². The monoisotopic (exact) mass is 216 g/mol. The van der Waals surface area contributed by atoms with Crippen LogP contribution in [-0.4, -0.2) is 16.1 Å². The number of H-pyrrole nitrogens is 1. The second-order valence-electron chi connectivity index (χ2n) is 3.52. The zero-order chi connectivity index (χ0) is 11.5. The summed E-state index contributed by atoms with van der Waals surface area (Å²) in [5.41, 5.74) is 7.69. The molecule has 0 saturated heterocycles. The van der Waals surface area contributed by atoms with Crippen molar-refractivity contribution in [2.75, 3.05) is 11.1 Å². The lowest BCUT2D eigenvalue weighted by atomic mass is 10.1. The molecule has 5 heteroatoms. The lowest BCUT2D eigenvalue weighted by Crippen LogP contribution is -2.13. The molecule has 1 aromatic heterocycles. The SMILES string of the molecule is Cc1ccc(C(=O)Nc2[nH]ncc2N)cc1. The number of anilines is 2. The van der Waals surface area contributed by atoms with E-state index in [1.165, 1.54) is 6.20 Å². The van der Waals surface area contributed by atoms with Gasteiger partial charge in [0.15, 0.2) is 5.82 Å². The van der Waals surface area contributed by atoms with Crippen LogP contribution >= 0.6 is 0 Å². The number of aromatic nitrogens is 2. The molecule has 0 radical (unpaired) electrons. The van der Waals surface area contributed by atoms with Crippen LogP contribution in [0.2, 0.25) is 0 Å². The van der Waals surface area contributed by atoms with Gasteiger partial charge in [0.2, 0.25) is 0 Å². The smallest absolute Gasteiger partial charge is 0.256 e. The van der Waals surface area contributed by atoms with E-state index in [9.17, 15) is 4.79 Å². The maximum absolute atomic E-state index is 11.8. The van der Waals surface area contributed by atoms with Gasteiger partial charge in [0.05, 0.1) is 11.9 Å². The topological polar surface area (TPSA) is 83.8 Å². The van der Waals surface area contributed by atoms with E-state index >= 15 is 0 Å². The molecule has 82 valence electrons. The minimum absolute atomic E-state index is 0.212. The van der Waals surface area contributed by atoms with Gasteiger partial charge < -0.3 is 11.1 Å². The van der Waals surface area contributed by atoms with Crippen LogP contribution < -0.4 is 11.1 Å². The Morgan fingerprint density at radius 1 is 1.38 bits per heavy atom. The summed E-state index contributed by atoms with van der Waals surface area (Å²) in [7, 11) is 0. The number of nitrogen functional groups attached to an aromatic ring is 1. The van der Waals surface area contributed by atoms with Gasteiger partial charge in [-0.1, -0.05) is 17.7 Å². The summed E-state index contributed by atoms with van der Waals surface area (Å²) in [5, 5.41) is 8.97. The third-order valence-electron chi connectivity index (χ3n) is 2.22. The highest BCUT2D eigenvalue weighted by atomic mass is 16.1. The first-order valence-electron chi connectivity index (χ1n) is 4.83. The normalized spacial score (nSPS) is 10.1. The summed E-state index contributed by atoms with van der Waals surface area (Å²) in [6.45, 7) is 1.97. The summed E-state index contributed by atoms with van der Waals surface area (Å²) >= 11 is 0. The van der Waals surface area contributed by atoms with E-state index in [1.807, 2.05) is 19.1 Å². The molecule has 4 N–H and O–H groups in total. The number of nitrogens with zero attached hydrogens (tertiary/aromatic N) is 1. The predicted octanol–water partition coefficient (Wildman–Crippen LogP) is 1.55. The fourth-order valence-electron chi connectivity index (χ4n) is 1.29. The van der Waals surface area contributed by atoms with Crippen molar-refractivity contribution in [2.45, 2.75) is 6.92 Å². The number of rotatable bonds is 2. The Kier molecular flexibility index (Phi) is 2.59. The largest absolute Gasteiger partial charge is 0.394 e. The molecule has 2 aromatic rings. The second kappa shape index (κ2) is 4.06. The van der Waals surface area contributed by atoms with Crippen LogP contribution in [0.25, 0.3) is 0 Å². The molecule has 1 heterocycles. The van der Waals surface area contributed by atoms with E-state index in [0.29, 0.717) is 17.1 Å². The van der Waals surface area contributed by atoms with Gasteiger partial charge in [-0.05, 0) is 19.1 Å². The summed E-state index contributed by atoms with van der Waals surface area (Å²) in [6, 6.07) is 7.28. The van der Waals surface area contributed by atoms with Crippen LogP contribution in [0.1, 0.15) is 15.9 Å². The van der Waals surface area contributed by atoms with Crippen molar-refractivity contribution >= 4 is 17.4 Å². The van der Waals surface area contributed by atoms with Gasteiger partial charge in [-0.2, -0.15) is 5.10 Å². The van der Waals surface area contributed by atoms with Crippen molar-refractivity contribution in [1.82, 2.24) is 10.2 Å². The van der Waals surface area contributed by atoms with E-state index in [1.54, 1.807) is 12.1 Å². The third kappa shape index (κ3) is 2.03. The quantitative estimate of drug-likeness (QED) is 0.712. The summed E-state index contributed by atoms with van der Waals surface area (Å²) in [6.07, 6.45) is 1.45. The number of hydrogen-bond acceptors (Lipinski definition) is 3. The number of nitrogens with two attached hydrogens (primary N) is 1. The van der Waals surface area contributed by atoms with Crippen molar-refractivity contribution in [3.63, 3.8) is 0 Å². The Morgan fingerprint density at radius 2 is 2.06 bits per heavy atom. The second-order valence-corrected chi connectivity index (χ2v) is 3.52. The van der Waals surface area contributed by atoms with Crippen molar-refractivity contribution in [3.05, 3.63) is 41.6 Å². The minimum Gasteiger partial charge on any atom is -0.394 e. The Morgan fingerprint density at radius 3 is 2.62 bits per heavy atom. The molecule has 0 aliphatic carbocycles. The lowest BCUT2D eigenvalue weighted by molar-refractivity contribution is 0.102. The summed E-state index contributed by atoms with van der Waals surface area (Å²) < 4.78 is 0. The Hall–Kier alpha value is -2.30. The first kappa shape index (κ1) is 10.2. The van der Waals surface area contributed by atoms with E-state index in [2.05, 4.69) is 15.5 Å². The highest BCUT2D eigenvalue weighted by Crippen LogP contribution is 2.14. The lowest BCUT2D eigenvalue weighted by Gasteiger charge is -2.03. The predicted molar refractivity (Wildman–Crippen MR) is 62.1 cm³/mol. The molecular weight excluding hydrogens is 204 g/mol. The molecule has 0 fully saturated rings. The zero-order valence-electron chi connectivity index (χ0n) is 8.82. The average Bonchev–Trinajstić information content (AvgIpc) is 2.65. The molecular formula is C11H12N4O. The average molecular weight is 216 g/mol. The first-order valence-corrected chi connectivity index (χ1v) is 4.83. The van der Waals surface area contributed by atoms with E-state index in [0.717, 1.165) is 5.56 Å². The maximum Gasteiger partial charge on any atom is 0.256 e. The van der Waals surface area contributed by atoms with Crippen molar-refractivity contribution in [3.8, 4) is 0 Å². The zero-order valence-corrected chi connectivity index (χ0v) is 8.82. The third-order valence-corrected chi connectivity index (χ3v) is 2.22. The number of aryl methyl sites for hydroxylation is 1. The van der Waals surface area contributed by atoms with Crippen LogP contribution in [0.15, 0.2) is 30.5 Å². The summed E-state index contributed by atoms with van der Waals surface area (Å²) in [5.74, 6) is 0.210. The van der Waals surface area contributed by atoms with Gasteiger partial charge >= 0.3 is 0 Å². The van der Waals surface area contributed by atoms with Crippen LogP contribution in [0, 0.1) is 6.92 Å². The number of aromatic amines is 1. The first-order chi connectivity index (χ1) is 7.66. The minimum atomic E-state index is -0.212. The molecule has 5 nitrogen and oxygen atoms in total. The van der Waals surface area contributed by atoms with Gasteiger partial charge in [-0.3, -0.25) is 9.89 Å². The number of carbonyl (C=O) groups excluding carboxylic acids is 1. The maximum atomic E-state index is 11.8. The molecule has 1 amide bonds. The van der Waals surface area contributed by atoms with E-state index in [-0.39, 0.29) is 5.91 Å². The molecule has 1 aromatic carbocycles. The molecule has 0 aliphatic heterocycles. The van der Waals surface area contributed by atoms with Gasteiger partial charge in [0, 0.05) is 5.56 Å².